The molecule has 0 atom stereocenters. The van der Waals surface area contributed by atoms with Gasteiger partial charge in [-0.05, 0) is 23.9 Å². The van der Waals surface area contributed by atoms with Gasteiger partial charge < -0.3 is 9.67 Å². The highest BCUT2D eigenvalue weighted by Gasteiger charge is 2.19. The summed E-state index contributed by atoms with van der Waals surface area (Å²) in [6.07, 6.45) is 3.31. The fourth-order valence-electron chi connectivity index (χ4n) is 1.43. The molecule has 0 unspecified atom stereocenters. The summed E-state index contributed by atoms with van der Waals surface area (Å²) in [4.78, 5) is 25.6. The van der Waals surface area contributed by atoms with Gasteiger partial charge in [0.2, 0.25) is 0 Å². The van der Waals surface area contributed by atoms with Crippen LogP contribution in [0.15, 0.2) is 40.6 Å². The van der Waals surface area contributed by atoms with Gasteiger partial charge in [-0.3, -0.25) is 10.1 Å². The van der Waals surface area contributed by atoms with E-state index in [0.29, 0.717) is 10.1 Å². The number of aromatic carboxylic acids is 1. The molecule has 8 heteroatoms. The summed E-state index contributed by atoms with van der Waals surface area (Å²) >= 11 is 1.11. The number of aromatic nitrogens is 2. The largest absolute Gasteiger partial charge is 0.478 e. The van der Waals surface area contributed by atoms with Crippen LogP contribution in [0.3, 0.4) is 0 Å². The molecule has 0 saturated carbocycles. The smallest absolute Gasteiger partial charge is 0.335 e. The molecule has 2 aromatic rings. The van der Waals surface area contributed by atoms with Gasteiger partial charge in [0.05, 0.1) is 15.4 Å². The van der Waals surface area contributed by atoms with Gasteiger partial charge in [0.25, 0.3) is 5.69 Å². The Labute approximate surface area is 112 Å². The van der Waals surface area contributed by atoms with Gasteiger partial charge >= 0.3 is 5.97 Å². The van der Waals surface area contributed by atoms with Gasteiger partial charge in [-0.2, -0.15) is 0 Å². The van der Waals surface area contributed by atoms with Crippen molar-refractivity contribution in [2.75, 3.05) is 0 Å². The highest BCUT2D eigenvalue weighted by Crippen LogP contribution is 2.34. The van der Waals surface area contributed by atoms with E-state index in [0.717, 1.165) is 17.8 Å². The lowest BCUT2D eigenvalue weighted by molar-refractivity contribution is -0.387. The second-order valence-corrected chi connectivity index (χ2v) is 4.68. The molecule has 0 aliphatic heterocycles. The van der Waals surface area contributed by atoms with Crippen LogP contribution in [0.1, 0.15) is 10.4 Å². The van der Waals surface area contributed by atoms with E-state index in [1.165, 1.54) is 12.1 Å². The number of hydrogen-bond donors (Lipinski definition) is 1. The third-order valence-electron chi connectivity index (χ3n) is 2.38. The summed E-state index contributed by atoms with van der Waals surface area (Å²) in [5.74, 6) is -1.20. The first-order valence-electron chi connectivity index (χ1n) is 5.16. The zero-order valence-corrected chi connectivity index (χ0v) is 10.6. The second-order valence-electron chi connectivity index (χ2n) is 3.67. The molecule has 0 spiro atoms. The third kappa shape index (κ3) is 2.74. The number of nitro groups is 1. The first-order chi connectivity index (χ1) is 8.99. The molecule has 0 radical (unpaired) electrons. The number of nitro benzene ring substituents is 1. The van der Waals surface area contributed by atoms with Crippen LogP contribution in [0.2, 0.25) is 0 Å². The summed E-state index contributed by atoms with van der Waals surface area (Å²) in [7, 11) is 1.77. The monoisotopic (exact) mass is 279 g/mol. The van der Waals surface area contributed by atoms with Gasteiger partial charge in [0, 0.05) is 25.5 Å². The molecule has 1 N–H and O–H groups in total. The van der Waals surface area contributed by atoms with Crippen LogP contribution in [0, 0.1) is 10.1 Å². The summed E-state index contributed by atoms with van der Waals surface area (Å²) in [6, 6.07) is 3.80. The standard InChI is InChI=1S/C11H9N3O4S/c1-13-5-4-12-11(13)19-9-3-2-7(10(15)16)6-8(9)14(17)18/h2-6H,1H3,(H,15,16). The average Bonchev–Trinajstić information content (AvgIpc) is 2.75. The number of rotatable bonds is 4. The normalized spacial score (nSPS) is 10.4. The van der Waals surface area contributed by atoms with Gasteiger partial charge in [-0.15, -0.1) is 0 Å². The molecule has 0 saturated heterocycles. The lowest BCUT2D eigenvalue weighted by Gasteiger charge is -2.04. The minimum atomic E-state index is -1.20. The minimum absolute atomic E-state index is 0.115. The van der Waals surface area contributed by atoms with Gasteiger partial charge in [0.1, 0.15) is 0 Å². The van der Waals surface area contributed by atoms with Crippen molar-refractivity contribution in [2.45, 2.75) is 10.1 Å². The van der Waals surface area contributed by atoms with Crippen LogP contribution < -0.4 is 0 Å². The fourth-order valence-corrected chi connectivity index (χ4v) is 2.32. The van der Waals surface area contributed by atoms with Crippen LogP contribution in [-0.2, 0) is 7.05 Å². The lowest BCUT2D eigenvalue weighted by Crippen LogP contribution is -1.99. The van der Waals surface area contributed by atoms with Gasteiger partial charge in [0.15, 0.2) is 5.16 Å². The molecule has 19 heavy (non-hydrogen) atoms. The zero-order chi connectivity index (χ0) is 14.0. The Balaban J connectivity index is 2.43. The number of nitrogens with zero attached hydrogens (tertiary/aromatic N) is 3. The Morgan fingerprint density at radius 3 is 2.79 bits per heavy atom. The number of carboxylic acid groups (broad SMARTS) is 1. The van der Waals surface area contributed by atoms with Crippen molar-refractivity contribution in [1.82, 2.24) is 9.55 Å². The number of benzene rings is 1. The fraction of sp³-hybridized carbons (Fsp3) is 0.0909. The van der Waals surface area contributed by atoms with E-state index < -0.39 is 10.9 Å². The molecule has 7 nitrogen and oxygen atoms in total. The highest BCUT2D eigenvalue weighted by molar-refractivity contribution is 7.99. The van der Waals surface area contributed by atoms with Gasteiger partial charge in [-0.1, -0.05) is 0 Å². The molecule has 0 aliphatic rings. The first kappa shape index (κ1) is 13.1. The van der Waals surface area contributed by atoms with E-state index in [9.17, 15) is 14.9 Å². The summed E-state index contributed by atoms with van der Waals surface area (Å²) in [5, 5.41) is 20.4. The van der Waals surface area contributed by atoms with E-state index in [2.05, 4.69) is 4.98 Å². The molecule has 0 amide bonds. The van der Waals surface area contributed by atoms with Crippen molar-refractivity contribution in [3.8, 4) is 0 Å². The number of imidazole rings is 1. The quantitative estimate of drug-likeness (QED) is 0.680. The second kappa shape index (κ2) is 5.11. The maximum Gasteiger partial charge on any atom is 0.335 e. The maximum atomic E-state index is 11.0. The number of carboxylic acids is 1. The van der Waals surface area contributed by atoms with Crippen molar-refractivity contribution < 1.29 is 14.8 Å². The molecule has 0 bridgehead atoms. The molecule has 98 valence electrons. The number of aryl methyl sites for hydroxylation is 1. The minimum Gasteiger partial charge on any atom is -0.478 e. The lowest BCUT2D eigenvalue weighted by atomic mass is 10.2. The third-order valence-corrected chi connectivity index (χ3v) is 3.52. The van der Waals surface area contributed by atoms with Crippen molar-refractivity contribution in [1.29, 1.82) is 0 Å². The highest BCUT2D eigenvalue weighted by atomic mass is 32.2. The Hall–Kier alpha value is -2.35. The first-order valence-corrected chi connectivity index (χ1v) is 5.97. The topological polar surface area (TPSA) is 98.3 Å². The molecule has 1 aromatic carbocycles. The predicted octanol–water partition coefficient (Wildman–Crippen LogP) is 2.18. The van der Waals surface area contributed by atoms with E-state index in [1.54, 1.807) is 24.0 Å². The van der Waals surface area contributed by atoms with E-state index in [1.807, 2.05) is 0 Å². The average molecular weight is 279 g/mol. The SMILES string of the molecule is Cn1ccnc1Sc1ccc(C(=O)O)cc1[N+](=O)[O-]. The number of carbonyl (C=O) groups is 1. The van der Waals surface area contributed by atoms with Crippen LogP contribution in [0.5, 0.6) is 0 Å². The number of hydrogen-bond acceptors (Lipinski definition) is 5. The van der Waals surface area contributed by atoms with E-state index in [-0.39, 0.29) is 11.3 Å². The van der Waals surface area contributed by atoms with E-state index in [4.69, 9.17) is 5.11 Å². The molecular formula is C11H9N3O4S. The molecule has 0 aliphatic carbocycles. The van der Waals surface area contributed by atoms with Crippen LogP contribution in [-0.4, -0.2) is 25.6 Å². The molecule has 2 rings (SSSR count). The maximum absolute atomic E-state index is 11.0. The Morgan fingerprint density at radius 1 is 1.53 bits per heavy atom. The van der Waals surface area contributed by atoms with Crippen molar-refractivity contribution in [3.63, 3.8) is 0 Å². The Kier molecular flexibility index (Phi) is 3.52. The molecule has 0 fully saturated rings. The van der Waals surface area contributed by atoms with Crippen LogP contribution in [0.25, 0.3) is 0 Å². The van der Waals surface area contributed by atoms with Crippen molar-refractivity contribution >= 4 is 23.4 Å². The molecule has 1 heterocycles. The Morgan fingerprint density at radius 2 is 2.26 bits per heavy atom. The molecule has 1 aromatic heterocycles. The van der Waals surface area contributed by atoms with E-state index >= 15 is 0 Å². The Bertz CT molecular complexity index is 653. The van der Waals surface area contributed by atoms with Crippen LogP contribution >= 0.6 is 11.8 Å². The van der Waals surface area contributed by atoms with Crippen molar-refractivity contribution in [3.05, 3.63) is 46.3 Å². The molecular weight excluding hydrogens is 270 g/mol. The van der Waals surface area contributed by atoms with Crippen molar-refractivity contribution in [2.24, 2.45) is 7.05 Å². The zero-order valence-electron chi connectivity index (χ0n) is 9.81. The van der Waals surface area contributed by atoms with Crippen LogP contribution in [0.4, 0.5) is 5.69 Å². The van der Waals surface area contributed by atoms with Gasteiger partial charge in [-0.25, -0.2) is 9.78 Å². The predicted molar refractivity (Wildman–Crippen MR) is 67.4 cm³/mol. The summed E-state index contributed by atoms with van der Waals surface area (Å²) in [5.41, 5.74) is -0.358. The summed E-state index contributed by atoms with van der Waals surface area (Å²) < 4.78 is 1.72. The summed E-state index contributed by atoms with van der Waals surface area (Å²) in [6.45, 7) is 0.